The molecule has 0 N–H and O–H groups in total. The van der Waals surface area contributed by atoms with Crippen molar-refractivity contribution < 1.29 is 9.85 Å². The first-order valence-corrected chi connectivity index (χ1v) is 8.89. The van der Waals surface area contributed by atoms with Gasteiger partial charge in [0.1, 0.15) is 0 Å². The second-order valence-electron chi connectivity index (χ2n) is 7.26. The minimum Gasteiger partial charge on any atom is -0.258 e. The van der Waals surface area contributed by atoms with E-state index in [0.29, 0.717) is 17.4 Å². The van der Waals surface area contributed by atoms with Crippen molar-refractivity contribution in [3.63, 3.8) is 0 Å². The highest BCUT2D eigenvalue weighted by atomic mass is 16.6. The second-order valence-corrected chi connectivity index (χ2v) is 7.26. The van der Waals surface area contributed by atoms with Gasteiger partial charge in [0.15, 0.2) is 0 Å². The van der Waals surface area contributed by atoms with E-state index < -0.39 is 4.92 Å². The normalized spacial score (nSPS) is 20.0. The summed E-state index contributed by atoms with van der Waals surface area (Å²) in [4.78, 5) is 26.4. The van der Waals surface area contributed by atoms with Crippen molar-refractivity contribution in [3.05, 3.63) is 73.8 Å². The summed E-state index contributed by atoms with van der Waals surface area (Å²) in [7, 11) is 0. The lowest BCUT2D eigenvalue weighted by Gasteiger charge is -2.20. The van der Waals surface area contributed by atoms with Crippen LogP contribution in [0.5, 0.6) is 0 Å². The molecule has 1 fully saturated rings. The van der Waals surface area contributed by atoms with Crippen LogP contribution in [0, 0.1) is 20.2 Å². The minimum absolute atomic E-state index is 0.0370. The van der Waals surface area contributed by atoms with Gasteiger partial charge < -0.3 is 0 Å². The number of fused-ring (bicyclic) bond motifs is 7. The average Bonchev–Trinajstić information content (AvgIpc) is 3.29. The van der Waals surface area contributed by atoms with Crippen LogP contribution < -0.4 is 0 Å². The quantitative estimate of drug-likeness (QED) is 0.478. The van der Waals surface area contributed by atoms with E-state index in [1.54, 1.807) is 24.3 Å². The number of nitro groups is 2. The molecule has 2 aliphatic rings. The zero-order valence-electron chi connectivity index (χ0n) is 14.3. The average molecular weight is 361 g/mol. The number of hydrogen-bond acceptors (Lipinski definition) is 5. The topological polar surface area (TPSA) is 99.2 Å². The Morgan fingerprint density at radius 2 is 1.59 bits per heavy atom. The van der Waals surface area contributed by atoms with Gasteiger partial charge in [0.2, 0.25) is 0 Å². The third-order valence-corrected chi connectivity index (χ3v) is 5.84. The molecule has 1 saturated carbocycles. The van der Waals surface area contributed by atoms with E-state index in [-0.39, 0.29) is 16.3 Å². The Morgan fingerprint density at radius 3 is 2.33 bits per heavy atom. The van der Waals surface area contributed by atoms with Gasteiger partial charge in [-0.15, -0.1) is 0 Å². The first-order chi connectivity index (χ1) is 13.0. The molecule has 27 heavy (non-hydrogen) atoms. The smallest absolute Gasteiger partial charge is 0.258 e. The van der Waals surface area contributed by atoms with Gasteiger partial charge in [-0.1, -0.05) is 12.1 Å². The first-order valence-electron chi connectivity index (χ1n) is 8.89. The maximum atomic E-state index is 11.2. The third-order valence-electron chi connectivity index (χ3n) is 5.84. The second kappa shape index (κ2) is 5.57. The van der Waals surface area contributed by atoms with E-state index in [0.717, 1.165) is 47.0 Å². The number of rotatable bonds is 3. The van der Waals surface area contributed by atoms with Crippen LogP contribution in [0.4, 0.5) is 11.4 Å². The number of pyridine rings is 1. The molecule has 2 bridgehead atoms. The fourth-order valence-corrected chi connectivity index (χ4v) is 4.75. The number of nitrogens with zero attached hydrogens (tertiary/aromatic N) is 3. The highest BCUT2D eigenvalue weighted by Gasteiger charge is 2.41. The molecule has 0 aliphatic heterocycles. The van der Waals surface area contributed by atoms with Crippen LogP contribution in [0.3, 0.4) is 0 Å². The Bertz CT molecular complexity index is 1140. The van der Waals surface area contributed by atoms with Crippen LogP contribution >= 0.6 is 0 Å². The van der Waals surface area contributed by atoms with Crippen molar-refractivity contribution in [1.29, 1.82) is 0 Å². The van der Waals surface area contributed by atoms with E-state index in [1.165, 1.54) is 12.1 Å². The van der Waals surface area contributed by atoms with E-state index in [9.17, 15) is 20.2 Å². The molecule has 7 nitrogen and oxygen atoms in total. The number of non-ortho nitro benzene ring substituents is 2. The van der Waals surface area contributed by atoms with Gasteiger partial charge >= 0.3 is 0 Å². The van der Waals surface area contributed by atoms with Crippen molar-refractivity contribution in [1.82, 2.24) is 4.98 Å². The van der Waals surface area contributed by atoms with Gasteiger partial charge in [-0.2, -0.15) is 0 Å². The molecular formula is C20H15N3O4. The minimum atomic E-state index is -0.402. The van der Waals surface area contributed by atoms with E-state index in [2.05, 4.69) is 0 Å². The Labute approximate surface area is 154 Å². The van der Waals surface area contributed by atoms with Crippen molar-refractivity contribution in [3.8, 4) is 11.3 Å². The molecule has 0 spiro atoms. The summed E-state index contributed by atoms with van der Waals surface area (Å²) < 4.78 is 0. The zero-order chi connectivity index (χ0) is 18.7. The van der Waals surface area contributed by atoms with Gasteiger partial charge in [-0.05, 0) is 48.3 Å². The van der Waals surface area contributed by atoms with E-state index in [4.69, 9.17) is 4.98 Å². The number of nitro benzene ring substituents is 2. The largest absolute Gasteiger partial charge is 0.270 e. The molecule has 134 valence electrons. The lowest BCUT2D eigenvalue weighted by atomic mass is 9.86. The summed E-state index contributed by atoms with van der Waals surface area (Å²) in [5.41, 5.74) is 4.59. The van der Waals surface area contributed by atoms with Crippen LogP contribution in [0.2, 0.25) is 0 Å². The van der Waals surface area contributed by atoms with E-state index >= 15 is 0 Å². The van der Waals surface area contributed by atoms with Crippen LogP contribution in [-0.2, 0) is 0 Å². The van der Waals surface area contributed by atoms with Crippen LogP contribution in [0.15, 0.2) is 42.5 Å². The molecule has 0 unspecified atom stereocenters. The molecule has 1 aromatic heterocycles. The van der Waals surface area contributed by atoms with Crippen molar-refractivity contribution >= 4 is 22.3 Å². The van der Waals surface area contributed by atoms with Crippen molar-refractivity contribution in [2.45, 2.75) is 31.1 Å². The molecule has 2 aromatic carbocycles. The highest BCUT2D eigenvalue weighted by Crippen LogP contribution is 2.57. The fraction of sp³-hybridized carbons (Fsp3) is 0.250. The molecule has 5 rings (SSSR count). The summed E-state index contributed by atoms with van der Waals surface area (Å²) >= 11 is 0. The van der Waals surface area contributed by atoms with Gasteiger partial charge in [0, 0.05) is 35.2 Å². The Kier molecular flexibility index (Phi) is 3.28. The predicted molar refractivity (Wildman–Crippen MR) is 99.8 cm³/mol. The van der Waals surface area contributed by atoms with Crippen LogP contribution in [-0.4, -0.2) is 14.8 Å². The molecule has 0 saturated heterocycles. The molecule has 1 heterocycles. The van der Waals surface area contributed by atoms with Crippen LogP contribution in [0.1, 0.15) is 42.2 Å². The number of benzene rings is 2. The maximum Gasteiger partial charge on any atom is 0.270 e. The summed E-state index contributed by atoms with van der Waals surface area (Å²) in [5, 5.41) is 23.2. The fourth-order valence-electron chi connectivity index (χ4n) is 4.75. The van der Waals surface area contributed by atoms with Gasteiger partial charge in [0.05, 0.1) is 21.1 Å². The highest BCUT2D eigenvalue weighted by molar-refractivity contribution is 5.91. The predicted octanol–water partition coefficient (Wildman–Crippen LogP) is 5.08. The molecule has 2 aliphatic carbocycles. The third kappa shape index (κ3) is 2.31. The Morgan fingerprint density at radius 1 is 0.889 bits per heavy atom. The summed E-state index contributed by atoms with van der Waals surface area (Å²) in [5.74, 6) is 0.755. The van der Waals surface area contributed by atoms with Gasteiger partial charge in [0.25, 0.3) is 11.4 Å². The summed E-state index contributed by atoms with van der Waals surface area (Å²) in [6, 6.07) is 11.3. The molecule has 2 atom stereocenters. The molecular weight excluding hydrogens is 346 g/mol. The molecule has 0 amide bonds. The van der Waals surface area contributed by atoms with Crippen LogP contribution in [0.25, 0.3) is 22.2 Å². The maximum absolute atomic E-state index is 11.2. The monoisotopic (exact) mass is 361 g/mol. The lowest BCUT2D eigenvalue weighted by molar-refractivity contribution is -0.384. The standard InChI is InChI=1S/C20H15N3O4/c24-22(25)14-3-1-2-13(9-14)20-19-12-5-4-11(8-12)18(19)16-10-15(23(26)27)6-7-17(16)21-20/h1-3,6-7,9-12H,4-5,8H2/t11-,12-/m0/s1. The lowest BCUT2D eigenvalue weighted by Crippen LogP contribution is -2.05. The summed E-state index contributed by atoms with van der Waals surface area (Å²) in [6.07, 6.45) is 3.18. The number of hydrogen-bond donors (Lipinski definition) is 0. The van der Waals surface area contributed by atoms with Gasteiger partial charge in [-0.25, -0.2) is 4.98 Å². The van der Waals surface area contributed by atoms with Crippen molar-refractivity contribution in [2.24, 2.45) is 0 Å². The molecule has 7 heteroatoms. The summed E-state index contributed by atoms with van der Waals surface area (Å²) in [6.45, 7) is 0. The number of aromatic nitrogens is 1. The van der Waals surface area contributed by atoms with E-state index in [1.807, 2.05) is 6.07 Å². The molecule has 3 aromatic rings. The van der Waals surface area contributed by atoms with Gasteiger partial charge in [-0.3, -0.25) is 20.2 Å². The Hall–Kier alpha value is -3.35. The molecule has 0 radical (unpaired) electrons. The Balaban J connectivity index is 1.81. The SMILES string of the molecule is O=[N+]([O-])c1cccc(-c2nc3ccc([N+](=O)[O-])cc3c3c2[C@H]2CC[C@H]3C2)c1. The zero-order valence-corrected chi connectivity index (χ0v) is 14.3. The van der Waals surface area contributed by atoms with Crippen molar-refractivity contribution in [2.75, 3.05) is 0 Å². The first kappa shape index (κ1) is 15.9.